The molecule has 34 heavy (non-hydrogen) atoms. The van der Waals surface area contributed by atoms with Gasteiger partial charge in [-0.1, -0.05) is 54.1 Å². The van der Waals surface area contributed by atoms with E-state index in [0.717, 1.165) is 41.5 Å². The molecule has 1 aromatic heterocycles. The van der Waals surface area contributed by atoms with E-state index in [4.69, 9.17) is 16.3 Å². The van der Waals surface area contributed by atoms with Crippen molar-refractivity contribution in [2.75, 3.05) is 13.7 Å². The second-order valence-electron chi connectivity index (χ2n) is 8.63. The normalized spacial score (nSPS) is 16.6. The number of likely N-dealkylation sites (tertiary alicyclic amines) is 1. The number of nitrogens with zero attached hydrogens (tertiary/aromatic N) is 5. The van der Waals surface area contributed by atoms with Crippen molar-refractivity contribution in [3.8, 4) is 5.75 Å². The van der Waals surface area contributed by atoms with Crippen molar-refractivity contribution in [1.82, 2.24) is 25.1 Å². The Morgan fingerprint density at radius 1 is 1.12 bits per heavy atom. The van der Waals surface area contributed by atoms with Crippen LogP contribution in [0, 0.1) is 0 Å². The lowest BCUT2D eigenvalue weighted by molar-refractivity contribution is -0.132. The van der Waals surface area contributed by atoms with Gasteiger partial charge < -0.3 is 9.64 Å². The summed E-state index contributed by atoms with van der Waals surface area (Å²) in [5.41, 5.74) is 2.21. The summed E-state index contributed by atoms with van der Waals surface area (Å²) in [5, 5.41) is 14.4. The Balaban J connectivity index is 1.43. The van der Waals surface area contributed by atoms with Crippen LogP contribution in [0.4, 0.5) is 0 Å². The van der Waals surface area contributed by atoms with Crippen LogP contribution in [-0.2, 0) is 11.3 Å². The summed E-state index contributed by atoms with van der Waals surface area (Å²) >= 11 is 6.10. The zero-order chi connectivity index (χ0) is 23.5. The maximum atomic E-state index is 13.7. The third-order valence-corrected chi connectivity index (χ3v) is 6.88. The summed E-state index contributed by atoms with van der Waals surface area (Å²) in [6.07, 6.45) is 3.87. The number of carbonyl (C=O) groups is 1. The summed E-state index contributed by atoms with van der Waals surface area (Å²) < 4.78 is 7.24. The van der Waals surface area contributed by atoms with Gasteiger partial charge in [-0.05, 0) is 58.0 Å². The Morgan fingerprint density at radius 2 is 1.91 bits per heavy atom. The minimum Gasteiger partial charge on any atom is -0.496 e. The van der Waals surface area contributed by atoms with E-state index in [1.165, 1.54) is 5.56 Å². The highest BCUT2D eigenvalue weighted by Gasteiger charge is 2.32. The van der Waals surface area contributed by atoms with Gasteiger partial charge in [-0.2, -0.15) is 0 Å². The number of halogens is 1. The zero-order valence-corrected chi connectivity index (χ0v) is 19.7. The Morgan fingerprint density at radius 3 is 2.65 bits per heavy atom. The Hall–Kier alpha value is -3.45. The molecule has 8 heteroatoms. The van der Waals surface area contributed by atoms with Crippen molar-refractivity contribution in [2.24, 2.45) is 0 Å². The quantitative estimate of drug-likeness (QED) is 0.375. The minimum absolute atomic E-state index is 0.0437. The molecule has 0 bridgehead atoms. The van der Waals surface area contributed by atoms with Crippen molar-refractivity contribution < 1.29 is 9.53 Å². The molecular formula is C26H26ClN5O2. The van der Waals surface area contributed by atoms with E-state index in [1.54, 1.807) is 18.1 Å². The number of rotatable bonds is 7. The molecule has 0 unspecified atom stereocenters. The third kappa shape index (κ3) is 4.48. The summed E-state index contributed by atoms with van der Waals surface area (Å²) in [6.45, 7) is 1.27. The molecule has 1 fully saturated rings. The van der Waals surface area contributed by atoms with Crippen LogP contribution < -0.4 is 4.74 Å². The first-order valence-corrected chi connectivity index (χ1v) is 11.8. The number of ether oxygens (including phenoxy) is 1. The lowest BCUT2D eigenvalue weighted by atomic mass is 9.93. The van der Waals surface area contributed by atoms with E-state index in [-0.39, 0.29) is 17.9 Å². The highest BCUT2D eigenvalue weighted by Crippen LogP contribution is 2.39. The van der Waals surface area contributed by atoms with Crippen LogP contribution in [0.15, 0.2) is 67.0 Å². The van der Waals surface area contributed by atoms with Crippen LogP contribution >= 0.6 is 11.6 Å². The lowest BCUT2D eigenvalue weighted by Crippen LogP contribution is -2.32. The minimum atomic E-state index is -0.0675. The maximum absolute atomic E-state index is 13.7. The summed E-state index contributed by atoms with van der Waals surface area (Å²) in [7, 11) is 1.69. The van der Waals surface area contributed by atoms with E-state index in [2.05, 4.69) is 33.7 Å². The van der Waals surface area contributed by atoms with Crippen LogP contribution in [0.25, 0.3) is 10.8 Å². The van der Waals surface area contributed by atoms with Crippen LogP contribution in [0.3, 0.4) is 0 Å². The number of hydrogen-bond acceptors (Lipinski definition) is 5. The largest absolute Gasteiger partial charge is 0.496 e. The molecule has 5 rings (SSSR count). The van der Waals surface area contributed by atoms with Crippen molar-refractivity contribution in [2.45, 2.75) is 37.8 Å². The van der Waals surface area contributed by atoms with Gasteiger partial charge in [0.05, 0.1) is 19.7 Å². The topological polar surface area (TPSA) is 73.1 Å². The second-order valence-corrected chi connectivity index (χ2v) is 9.07. The Bertz CT molecular complexity index is 1280. The summed E-state index contributed by atoms with van der Waals surface area (Å²) in [5.74, 6) is 0.914. The van der Waals surface area contributed by atoms with Crippen molar-refractivity contribution >= 4 is 28.3 Å². The van der Waals surface area contributed by atoms with E-state index in [1.807, 2.05) is 47.4 Å². The molecule has 3 aromatic carbocycles. The van der Waals surface area contributed by atoms with Gasteiger partial charge in [0.1, 0.15) is 12.1 Å². The smallest absolute Gasteiger partial charge is 0.223 e. The highest BCUT2D eigenvalue weighted by molar-refractivity contribution is 6.30. The molecule has 0 aliphatic carbocycles. The number of fused-ring (bicyclic) bond motifs is 1. The van der Waals surface area contributed by atoms with Crippen LogP contribution in [0.1, 0.15) is 42.3 Å². The van der Waals surface area contributed by atoms with Gasteiger partial charge >= 0.3 is 0 Å². The molecule has 4 aromatic rings. The molecule has 7 nitrogen and oxygen atoms in total. The van der Waals surface area contributed by atoms with Gasteiger partial charge in [0.25, 0.3) is 0 Å². The zero-order valence-electron chi connectivity index (χ0n) is 19.0. The first-order chi connectivity index (χ1) is 16.6. The molecule has 0 N–H and O–H groups in total. The molecule has 1 aliphatic rings. The average Bonchev–Trinajstić information content (AvgIpc) is 3.56. The number of methoxy groups -OCH3 is 1. The molecule has 0 radical (unpaired) electrons. The van der Waals surface area contributed by atoms with Gasteiger partial charge in [-0.15, -0.1) is 5.10 Å². The number of tetrazole rings is 1. The second kappa shape index (κ2) is 9.81. The molecule has 1 saturated heterocycles. The van der Waals surface area contributed by atoms with Crippen LogP contribution in [-0.4, -0.2) is 44.7 Å². The van der Waals surface area contributed by atoms with Gasteiger partial charge in [0, 0.05) is 29.3 Å². The van der Waals surface area contributed by atoms with Gasteiger partial charge in [0.15, 0.2) is 0 Å². The number of amides is 1. The Kier molecular flexibility index (Phi) is 6.45. The Labute approximate surface area is 203 Å². The van der Waals surface area contributed by atoms with E-state index >= 15 is 0 Å². The highest BCUT2D eigenvalue weighted by atomic mass is 35.5. The molecular weight excluding hydrogens is 450 g/mol. The van der Waals surface area contributed by atoms with Crippen LogP contribution in [0.2, 0.25) is 5.02 Å². The molecule has 1 aliphatic heterocycles. The average molecular weight is 476 g/mol. The SMILES string of the molecule is COc1ccc([C@@H]2CCCN2C(=O)C[C@H](Cn2cnnn2)c2ccc(Cl)cc2)c2ccccc12. The predicted octanol–water partition coefficient (Wildman–Crippen LogP) is 5.03. The molecule has 1 amide bonds. The summed E-state index contributed by atoms with van der Waals surface area (Å²) in [6, 6.07) is 20.1. The molecule has 0 spiro atoms. The molecule has 0 saturated carbocycles. The fourth-order valence-electron chi connectivity index (χ4n) is 4.99. The monoisotopic (exact) mass is 475 g/mol. The van der Waals surface area contributed by atoms with Crippen molar-refractivity contribution in [1.29, 1.82) is 0 Å². The fraction of sp³-hybridized carbons (Fsp3) is 0.308. The van der Waals surface area contributed by atoms with Gasteiger partial charge in [0.2, 0.25) is 5.91 Å². The van der Waals surface area contributed by atoms with E-state index < -0.39 is 0 Å². The summed E-state index contributed by atoms with van der Waals surface area (Å²) in [4.78, 5) is 15.7. The number of benzene rings is 3. The lowest BCUT2D eigenvalue weighted by Gasteiger charge is -2.28. The van der Waals surface area contributed by atoms with Crippen molar-refractivity contribution in [3.05, 3.63) is 83.1 Å². The maximum Gasteiger partial charge on any atom is 0.223 e. The standard InChI is InChI=1S/C26H26ClN5O2/c1-34-25-13-12-22(21-5-2-3-6-23(21)25)24-7-4-14-32(24)26(33)15-19(16-31-17-28-29-30-31)18-8-10-20(27)11-9-18/h2-3,5-6,8-13,17,19,24H,4,7,14-16H2,1H3/t19-,24+/m1/s1. The van der Waals surface area contributed by atoms with E-state index in [9.17, 15) is 4.79 Å². The van der Waals surface area contributed by atoms with Crippen molar-refractivity contribution in [3.63, 3.8) is 0 Å². The van der Waals surface area contributed by atoms with Gasteiger partial charge in [-0.3, -0.25) is 4.79 Å². The van der Waals surface area contributed by atoms with E-state index in [0.29, 0.717) is 18.0 Å². The number of aromatic nitrogens is 4. The molecule has 2 heterocycles. The molecule has 2 atom stereocenters. The predicted molar refractivity (Wildman–Crippen MR) is 131 cm³/mol. The molecule has 174 valence electrons. The van der Waals surface area contributed by atoms with Crippen LogP contribution in [0.5, 0.6) is 5.75 Å². The van der Waals surface area contributed by atoms with Gasteiger partial charge in [-0.25, -0.2) is 4.68 Å². The fourth-order valence-corrected chi connectivity index (χ4v) is 5.12. The number of hydrogen-bond donors (Lipinski definition) is 0. The first kappa shape index (κ1) is 22.3. The third-order valence-electron chi connectivity index (χ3n) is 6.63. The number of carbonyl (C=O) groups excluding carboxylic acids is 1. The first-order valence-electron chi connectivity index (χ1n) is 11.5.